The first-order valence-electron chi connectivity index (χ1n) is 35.0. The average molecular weight is 1350 g/mol. The van der Waals surface area contributed by atoms with Crippen molar-refractivity contribution in [2.45, 2.75) is 107 Å². The van der Waals surface area contributed by atoms with Crippen molar-refractivity contribution in [3.63, 3.8) is 0 Å². The second-order valence-electron chi connectivity index (χ2n) is 26.0. The maximum absolute atomic E-state index is 12.6. The van der Waals surface area contributed by atoms with Crippen molar-refractivity contribution in [3.8, 4) is 36.8 Å². The lowest BCUT2D eigenvalue weighted by molar-refractivity contribution is 0.0992. The summed E-state index contributed by atoms with van der Waals surface area (Å²) in [6.07, 6.45) is 14.6. The number of hydrogen-bond acceptors (Lipinski definition) is 4. The van der Waals surface area contributed by atoms with Crippen LogP contribution in [0.1, 0.15) is 134 Å². The topological polar surface area (TPSA) is 158 Å². The van der Waals surface area contributed by atoms with E-state index in [2.05, 4.69) is 193 Å². The number of primary amides is 2. The van der Waals surface area contributed by atoms with E-state index in [1.807, 2.05) is 92.1 Å². The Morgan fingerprint density at radius 1 is 0.388 bits per heavy atom. The first-order chi connectivity index (χ1) is 49.8. The highest BCUT2D eigenvalue weighted by Crippen LogP contribution is 2.38. The molecule has 0 radical (unpaired) electrons. The summed E-state index contributed by atoms with van der Waals surface area (Å²) in [5.41, 5.74) is 33.1. The molecule has 0 aliphatic rings. The van der Waals surface area contributed by atoms with Gasteiger partial charge in [-0.05, 0) is 210 Å². The van der Waals surface area contributed by atoms with Gasteiger partial charge < -0.3 is 34.3 Å². The van der Waals surface area contributed by atoms with Crippen LogP contribution in [0.2, 0.25) is 0 Å². The lowest BCUT2D eigenvalue weighted by atomic mass is 10.0. The summed E-state index contributed by atoms with van der Waals surface area (Å²) < 4.78 is 23.9. The van der Waals surface area contributed by atoms with E-state index in [-0.39, 0.29) is 6.67 Å². The minimum absolute atomic E-state index is 0.390. The predicted octanol–water partition coefficient (Wildman–Crippen LogP) is 21.6. The fourth-order valence-electron chi connectivity index (χ4n) is 14.2. The molecule has 12 heteroatoms. The number of aryl methyl sites for hydroxylation is 5. The lowest BCUT2D eigenvalue weighted by Gasteiger charge is -2.06. The van der Waals surface area contributed by atoms with Crippen molar-refractivity contribution in [2.24, 2.45) is 11.5 Å². The van der Waals surface area contributed by atoms with E-state index in [4.69, 9.17) is 34.8 Å². The number of allylic oxidation sites excluding steroid dienone is 3. The van der Waals surface area contributed by atoms with Gasteiger partial charge in [0.15, 0.2) is 0 Å². The van der Waals surface area contributed by atoms with Gasteiger partial charge in [-0.3, -0.25) is 14.0 Å². The van der Waals surface area contributed by atoms with Gasteiger partial charge in [-0.2, -0.15) is 10.5 Å². The number of carbonyl (C=O) groups is 2. The van der Waals surface area contributed by atoms with Crippen LogP contribution in [0.5, 0.6) is 0 Å². The number of nitriles is 2. The van der Waals surface area contributed by atoms with Crippen molar-refractivity contribution >= 4 is 138 Å². The smallest absolute Gasteiger partial charge is 0.249 e. The van der Waals surface area contributed by atoms with Gasteiger partial charge in [0.2, 0.25) is 11.8 Å². The highest BCUT2D eigenvalue weighted by molar-refractivity contribution is 6.18. The Morgan fingerprint density at radius 2 is 0.748 bits per heavy atom. The summed E-state index contributed by atoms with van der Waals surface area (Å²) in [7, 11) is 0. The molecule has 0 spiro atoms. The number of carbonyl (C=O) groups excluding carboxylic acids is 2. The van der Waals surface area contributed by atoms with Gasteiger partial charge in [0.1, 0.15) is 0 Å². The molecule has 15 aromatic rings. The number of fused-ring (bicyclic) bond motifs is 15. The van der Waals surface area contributed by atoms with Crippen LogP contribution in [0.3, 0.4) is 0 Å². The Morgan fingerprint density at radius 3 is 1.21 bits per heavy atom. The number of nitrogens with zero attached hydrogens (tertiary/aromatic N) is 7. The largest absolute Gasteiger partial charge is 0.366 e. The zero-order valence-corrected chi connectivity index (χ0v) is 59.7. The molecule has 0 bridgehead atoms. The molecule has 103 heavy (non-hydrogen) atoms. The van der Waals surface area contributed by atoms with Crippen molar-refractivity contribution < 1.29 is 14.0 Å². The van der Waals surface area contributed by atoms with E-state index in [0.29, 0.717) is 35.2 Å². The summed E-state index contributed by atoms with van der Waals surface area (Å²) in [6, 6.07) is 67.1. The molecule has 4 N–H and O–H groups in total. The molecular formula is C91H84FN9O2. The third-order valence-corrected chi connectivity index (χ3v) is 19.1. The summed E-state index contributed by atoms with van der Waals surface area (Å²) in [6.45, 7) is 30.8. The number of aromatic nitrogens is 5. The van der Waals surface area contributed by atoms with Crippen molar-refractivity contribution in [1.82, 2.24) is 22.8 Å². The maximum Gasteiger partial charge on any atom is 0.249 e. The molecule has 5 aromatic heterocycles. The minimum Gasteiger partial charge on any atom is -0.366 e. The molecule has 5 heterocycles. The number of alkyl halides is 1. The van der Waals surface area contributed by atoms with Crippen LogP contribution in [-0.4, -0.2) is 41.3 Å². The van der Waals surface area contributed by atoms with Crippen LogP contribution in [0.15, 0.2) is 208 Å². The monoisotopic (exact) mass is 1350 g/mol. The zero-order valence-electron chi connectivity index (χ0n) is 59.7. The maximum atomic E-state index is 12.6. The Labute approximate surface area is 601 Å². The van der Waals surface area contributed by atoms with Crippen molar-refractivity contribution in [2.75, 3.05) is 6.67 Å². The summed E-state index contributed by atoms with van der Waals surface area (Å²) in [4.78, 5) is 23.2. The minimum atomic E-state index is -0.485. The molecule has 0 fully saturated rings. The number of para-hydroxylation sites is 1. The van der Waals surface area contributed by atoms with Crippen molar-refractivity contribution in [3.05, 3.63) is 258 Å². The van der Waals surface area contributed by atoms with E-state index >= 15 is 0 Å². The summed E-state index contributed by atoms with van der Waals surface area (Å²) in [5, 5.41) is 29.5. The molecule has 0 unspecified atom stereocenters. The van der Waals surface area contributed by atoms with Crippen LogP contribution in [0.25, 0.3) is 126 Å². The van der Waals surface area contributed by atoms with Crippen LogP contribution in [0, 0.1) is 47.3 Å². The molecule has 0 saturated carbocycles. The number of benzene rings is 10. The molecule has 15 rings (SSSR count). The van der Waals surface area contributed by atoms with E-state index < -0.39 is 11.8 Å². The molecule has 512 valence electrons. The highest BCUT2D eigenvalue weighted by Gasteiger charge is 2.19. The molecule has 0 aliphatic carbocycles. The molecular weight excluding hydrogens is 1270 g/mol. The van der Waals surface area contributed by atoms with E-state index in [0.717, 1.165) is 133 Å². The number of hydrogen-bond donors (Lipinski definition) is 2. The van der Waals surface area contributed by atoms with Gasteiger partial charge in [0.25, 0.3) is 0 Å². The molecule has 0 aliphatic heterocycles. The van der Waals surface area contributed by atoms with Gasteiger partial charge >= 0.3 is 0 Å². The Bertz CT molecular complexity index is 5990. The highest BCUT2D eigenvalue weighted by atomic mass is 19.1. The third-order valence-electron chi connectivity index (χ3n) is 19.1. The van der Waals surface area contributed by atoms with Crippen LogP contribution in [-0.2, 0) is 32.7 Å². The van der Waals surface area contributed by atoms with E-state index in [9.17, 15) is 14.0 Å². The number of nitrogens with two attached hydrogens (primary N) is 2. The SMILES string of the molecule is C#Cc1ccc2c(c1)c1c(C(N)=O)cccc1n2CCCF.C#Cc1ccc2c(c1)c1ccccc1n2CC.C=C(C)c1ccc2c(c1)c1cc(C#N)ccc1n2CCC.C=C(C)c1ccc2c(c1)c1cc(C(N)=O)ccc1n2CCC.C=C(C)c1ccc2c(c1)c1ccc(C#N)cc1n2CCC. The number of amides is 2. The molecule has 2 amide bonds. The summed E-state index contributed by atoms with van der Waals surface area (Å²) >= 11 is 0. The number of terminal acetylenes is 2. The quantitative estimate of drug-likeness (QED) is 0.0979. The zero-order chi connectivity index (χ0) is 73.3. The molecule has 11 nitrogen and oxygen atoms in total. The Balaban J connectivity index is 0.000000129. The standard InChI is InChI=1S/C19H20N2O.2C19H18N2.C18H15FN2O.C16H13N/c1-4-9-21-17-7-5-13(12(2)3)10-15(17)16-11-14(19(20)22)6-8-18(16)21;1-4-9-21-18-7-5-14(12-20)10-16(18)17-11-15(13(2)3)6-8-19(17)21;1-4-9-21-18-8-6-15(13(2)3)11-17(18)16-7-5-14(12-20)10-19(16)21;1-2-12-7-8-15-14(11-12)17-13(18(20)22)5-3-6-16(17)21(15)10-4-9-19;1-3-12-9-10-16-14(11-12)13-7-5-6-8-15(13)17(16)4-2/h5-8,10-11H,2,4,9H2,1,3H3,(H2,20,22);2*5-8,10-11H,2,4,9H2,1,3H3;1,3,5-8,11H,4,9-10H2,(H2,20,22);1,5-11H,4H2,2H3. The number of rotatable bonds is 15. The van der Waals surface area contributed by atoms with Gasteiger partial charge in [0.05, 0.1) is 35.5 Å². The second kappa shape index (κ2) is 31.3. The first kappa shape index (κ1) is 71.7. The van der Waals surface area contributed by atoms with E-state index in [1.54, 1.807) is 18.2 Å². The van der Waals surface area contributed by atoms with Crippen LogP contribution < -0.4 is 11.5 Å². The molecule has 10 aromatic carbocycles. The van der Waals surface area contributed by atoms with Gasteiger partial charge in [0, 0.05) is 158 Å². The van der Waals surface area contributed by atoms with Crippen LogP contribution >= 0.6 is 0 Å². The van der Waals surface area contributed by atoms with Gasteiger partial charge in [-0.1, -0.05) is 118 Å². The fraction of sp³-hybridized carbons (Fsp3) is 0.187. The lowest BCUT2D eigenvalue weighted by Crippen LogP contribution is -2.11. The Hall–Kier alpha value is -12.6. The molecule has 0 saturated heterocycles. The summed E-state index contributed by atoms with van der Waals surface area (Å²) in [5.74, 6) is 4.42. The molecule has 0 atom stereocenters. The van der Waals surface area contributed by atoms with Gasteiger partial charge in [-0.25, -0.2) is 0 Å². The average Bonchev–Trinajstić information content (AvgIpc) is 1.63. The fourth-order valence-corrected chi connectivity index (χ4v) is 14.2. The van der Waals surface area contributed by atoms with Crippen LogP contribution in [0.4, 0.5) is 4.39 Å². The first-order valence-corrected chi connectivity index (χ1v) is 35.0. The van der Waals surface area contributed by atoms with Gasteiger partial charge in [-0.15, -0.1) is 12.8 Å². The van der Waals surface area contributed by atoms with E-state index in [1.165, 1.54) is 65.6 Å². The number of halogens is 1. The normalized spacial score (nSPS) is 11.0. The predicted molar refractivity (Wildman–Crippen MR) is 431 cm³/mol. The van der Waals surface area contributed by atoms with Crippen molar-refractivity contribution in [1.29, 1.82) is 10.5 Å². The Kier molecular flexibility index (Phi) is 21.8. The second-order valence-corrected chi connectivity index (χ2v) is 26.0. The third kappa shape index (κ3) is 14.2.